The predicted molar refractivity (Wildman–Crippen MR) is 98.9 cm³/mol. The third-order valence-electron chi connectivity index (χ3n) is 4.60. The van der Waals surface area contributed by atoms with Crippen molar-refractivity contribution in [1.82, 2.24) is 0 Å². The van der Waals surface area contributed by atoms with Crippen molar-refractivity contribution in [2.45, 2.75) is 0 Å². The second-order valence-electron chi connectivity index (χ2n) is 6.56. The van der Waals surface area contributed by atoms with Gasteiger partial charge in [0.05, 0.1) is 20.3 Å². The van der Waals surface area contributed by atoms with Gasteiger partial charge in [0.2, 0.25) is 0 Å². The topological polar surface area (TPSA) is 18.5 Å². The predicted octanol–water partition coefficient (Wildman–Crippen LogP) is 0.717. The van der Waals surface area contributed by atoms with E-state index in [-0.39, 0.29) is 24.0 Å². The van der Waals surface area contributed by atoms with Crippen LogP contribution in [0.1, 0.15) is 11.1 Å². The van der Waals surface area contributed by atoms with E-state index in [1.54, 1.807) is 0 Å². The van der Waals surface area contributed by atoms with Crippen LogP contribution in [-0.2, 0) is 4.74 Å². The first-order chi connectivity index (χ1) is 11.7. The SMILES string of the molecule is C[N+]1(CCOc2ccc(/C=C/c3ccccc3)cc2)CCOCC1.[I-]. The minimum atomic E-state index is 0. The van der Waals surface area contributed by atoms with Crippen molar-refractivity contribution in [3.05, 3.63) is 65.7 Å². The molecule has 3 nitrogen and oxygen atoms in total. The summed E-state index contributed by atoms with van der Waals surface area (Å²) in [6, 6.07) is 18.6. The average molecular weight is 451 g/mol. The van der Waals surface area contributed by atoms with Gasteiger partial charge in [-0.2, -0.15) is 0 Å². The Morgan fingerprint density at radius 1 is 0.920 bits per heavy atom. The van der Waals surface area contributed by atoms with Crippen LogP contribution in [0.25, 0.3) is 12.2 Å². The molecule has 3 rings (SSSR count). The summed E-state index contributed by atoms with van der Waals surface area (Å²) in [6.45, 7) is 5.64. The van der Waals surface area contributed by atoms with Crippen molar-refractivity contribution in [1.29, 1.82) is 0 Å². The van der Waals surface area contributed by atoms with E-state index in [4.69, 9.17) is 9.47 Å². The summed E-state index contributed by atoms with van der Waals surface area (Å²) >= 11 is 0. The van der Waals surface area contributed by atoms with E-state index in [9.17, 15) is 0 Å². The van der Waals surface area contributed by atoms with Gasteiger partial charge in [0.15, 0.2) is 0 Å². The number of morpholine rings is 1. The summed E-state index contributed by atoms with van der Waals surface area (Å²) in [5, 5.41) is 0. The zero-order valence-corrected chi connectivity index (χ0v) is 16.9. The molecule has 0 aromatic heterocycles. The molecule has 1 saturated heterocycles. The number of hydrogen-bond acceptors (Lipinski definition) is 2. The summed E-state index contributed by atoms with van der Waals surface area (Å²) in [7, 11) is 2.28. The van der Waals surface area contributed by atoms with Crippen LogP contribution in [0.15, 0.2) is 54.6 Å². The van der Waals surface area contributed by atoms with Crippen molar-refractivity contribution < 1.29 is 37.9 Å². The van der Waals surface area contributed by atoms with Crippen LogP contribution < -0.4 is 28.7 Å². The molecule has 0 N–H and O–H groups in total. The first kappa shape index (κ1) is 19.9. The molecule has 0 amide bonds. The van der Waals surface area contributed by atoms with E-state index in [1.165, 1.54) is 11.1 Å². The number of halogens is 1. The molecule has 0 radical (unpaired) electrons. The van der Waals surface area contributed by atoms with Gasteiger partial charge in [-0.25, -0.2) is 0 Å². The molecular weight excluding hydrogens is 425 g/mol. The second kappa shape index (κ2) is 9.94. The number of ether oxygens (including phenoxy) is 2. The first-order valence-electron chi connectivity index (χ1n) is 8.61. The minimum absolute atomic E-state index is 0. The normalized spacial score (nSPS) is 16.4. The fourth-order valence-corrected chi connectivity index (χ4v) is 2.82. The Kier molecular flexibility index (Phi) is 7.93. The van der Waals surface area contributed by atoms with E-state index >= 15 is 0 Å². The van der Waals surface area contributed by atoms with Crippen LogP contribution in [0.3, 0.4) is 0 Å². The smallest absolute Gasteiger partial charge is 0.137 e. The molecule has 0 atom stereocenters. The molecule has 1 heterocycles. The van der Waals surface area contributed by atoms with Crippen LogP contribution in [-0.4, -0.2) is 51.0 Å². The Labute approximate surface area is 167 Å². The number of hydrogen-bond donors (Lipinski definition) is 0. The van der Waals surface area contributed by atoms with Crippen LogP contribution in [0.5, 0.6) is 5.75 Å². The molecular formula is C21H26INO2. The first-order valence-corrected chi connectivity index (χ1v) is 8.61. The van der Waals surface area contributed by atoms with Crippen molar-refractivity contribution in [3.8, 4) is 5.75 Å². The van der Waals surface area contributed by atoms with Crippen LogP contribution in [0, 0.1) is 0 Å². The third kappa shape index (κ3) is 6.45. The fourth-order valence-electron chi connectivity index (χ4n) is 2.82. The molecule has 25 heavy (non-hydrogen) atoms. The molecule has 4 heteroatoms. The van der Waals surface area contributed by atoms with E-state index < -0.39 is 0 Å². The van der Waals surface area contributed by atoms with Crippen molar-refractivity contribution in [3.63, 3.8) is 0 Å². The van der Waals surface area contributed by atoms with Crippen LogP contribution in [0.4, 0.5) is 0 Å². The highest BCUT2D eigenvalue weighted by atomic mass is 127. The third-order valence-corrected chi connectivity index (χ3v) is 4.60. The molecule has 1 aliphatic rings. The Morgan fingerprint density at radius 2 is 1.52 bits per heavy atom. The lowest BCUT2D eigenvalue weighted by Crippen LogP contribution is -3.00. The summed E-state index contributed by atoms with van der Waals surface area (Å²) < 4.78 is 12.4. The Hall–Kier alpha value is -1.37. The van der Waals surface area contributed by atoms with E-state index in [2.05, 4.69) is 43.5 Å². The summed E-state index contributed by atoms with van der Waals surface area (Å²) in [6.07, 6.45) is 4.25. The molecule has 0 unspecified atom stereocenters. The van der Waals surface area contributed by atoms with Crippen molar-refractivity contribution in [2.75, 3.05) is 46.5 Å². The molecule has 2 aromatic rings. The Balaban J connectivity index is 0.00000225. The number of benzene rings is 2. The van der Waals surface area contributed by atoms with Gasteiger partial charge in [0.25, 0.3) is 0 Å². The van der Waals surface area contributed by atoms with Crippen LogP contribution in [0.2, 0.25) is 0 Å². The maximum atomic E-state index is 5.91. The van der Waals surface area contributed by atoms with Crippen molar-refractivity contribution >= 4 is 12.2 Å². The highest BCUT2D eigenvalue weighted by Crippen LogP contribution is 2.15. The molecule has 0 aliphatic carbocycles. The summed E-state index contributed by atoms with van der Waals surface area (Å²) in [4.78, 5) is 0. The Bertz CT molecular complexity index is 649. The van der Waals surface area contributed by atoms with E-state index in [1.807, 2.05) is 30.3 Å². The van der Waals surface area contributed by atoms with Gasteiger partial charge in [0.1, 0.15) is 32.0 Å². The van der Waals surface area contributed by atoms with E-state index in [0.29, 0.717) is 0 Å². The molecule has 2 aromatic carbocycles. The standard InChI is InChI=1S/C21H26NO2.HI/c1-22(13-16-23-17-14-22)15-18-24-21-11-9-20(10-12-21)8-7-19-5-3-2-4-6-19;/h2-12H,13-18H2,1H3;1H/q+1;/p-1/b8-7+;. The number of rotatable bonds is 6. The summed E-state index contributed by atoms with van der Waals surface area (Å²) in [5.41, 5.74) is 2.39. The molecule has 1 aliphatic heterocycles. The van der Waals surface area contributed by atoms with Gasteiger partial charge in [-0.3, -0.25) is 0 Å². The van der Waals surface area contributed by atoms with Gasteiger partial charge in [-0.05, 0) is 23.3 Å². The molecule has 0 spiro atoms. The number of nitrogens with zero attached hydrogens (tertiary/aromatic N) is 1. The van der Waals surface area contributed by atoms with Gasteiger partial charge < -0.3 is 37.9 Å². The zero-order valence-electron chi connectivity index (χ0n) is 14.7. The maximum absolute atomic E-state index is 5.91. The quantitative estimate of drug-likeness (QED) is 0.366. The number of quaternary nitrogens is 1. The highest BCUT2D eigenvalue weighted by Gasteiger charge is 2.24. The highest BCUT2D eigenvalue weighted by molar-refractivity contribution is 5.69. The molecule has 134 valence electrons. The average Bonchev–Trinajstić information content (AvgIpc) is 2.62. The monoisotopic (exact) mass is 451 g/mol. The van der Waals surface area contributed by atoms with Gasteiger partial charge in [-0.15, -0.1) is 0 Å². The van der Waals surface area contributed by atoms with Crippen molar-refractivity contribution in [2.24, 2.45) is 0 Å². The lowest BCUT2D eigenvalue weighted by molar-refractivity contribution is -0.916. The van der Waals surface area contributed by atoms with Crippen LogP contribution >= 0.6 is 0 Å². The minimum Gasteiger partial charge on any atom is -1.00 e. The van der Waals surface area contributed by atoms with Gasteiger partial charge in [-0.1, -0.05) is 54.6 Å². The molecule has 0 saturated carbocycles. The zero-order chi connectivity index (χ0) is 16.7. The second-order valence-corrected chi connectivity index (χ2v) is 6.56. The lowest BCUT2D eigenvalue weighted by Gasteiger charge is -2.37. The van der Waals surface area contributed by atoms with E-state index in [0.717, 1.165) is 49.7 Å². The fraction of sp³-hybridized carbons (Fsp3) is 0.333. The molecule has 0 bridgehead atoms. The number of likely N-dealkylation sites (N-methyl/N-ethyl adjacent to an activating group) is 1. The largest absolute Gasteiger partial charge is 1.00 e. The lowest BCUT2D eigenvalue weighted by atomic mass is 10.1. The molecule has 1 fully saturated rings. The maximum Gasteiger partial charge on any atom is 0.137 e. The summed E-state index contributed by atoms with van der Waals surface area (Å²) in [5.74, 6) is 0.937. The Morgan fingerprint density at radius 3 is 2.16 bits per heavy atom. The van der Waals surface area contributed by atoms with Gasteiger partial charge >= 0.3 is 0 Å². The van der Waals surface area contributed by atoms with Gasteiger partial charge in [0, 0.05) is 0 Å².